The lowest BCUT2D eigenvalue weighted by atomic mass is 9.73. The predicted octanol–water partition coefficient (Wildman–Crippen LogP) is 6.56. The van der Waals surface area contributed by atoms with Crippen molar-refractivity contribution in [3.05, 3.63) is 53.6 Å². The summed E-state index contributed by atoms with van der Waals surface area (Å²) in [6, 6.07) is 11.8. The fraction of sp³-hybridized carbons (Fsp3) is 0.519. The first-order chi connectivity index (χ1) is 15.4. The van der Waals surface area contributed by atoms with E-state index >= 15 is 0 Å². The molecule has 2 N–H and O–H groups in total. The average Bonchev–Trinajstić information content (AvgIpc) is 2.78. The van der Waals surface area contributed by atoms with Crippen molar-refractivity contribution in [2.24, 2.45) is 0 Å². The fourth-order valence-electron chi connectivity index (χ4n) is 4.38. The van der Waals surface area contributed by atoms with Crippen LogP contribution in [0.1, 0.15) is 88.9 Å². The molecule has 3 rings (SSSR count). The van der Waals surface area contributed by atoms with E-state index in [9.17, 15) is 15.0 Å². The van der Waals surface area contributed by atoms with Gasteiger partial charge in [0, 0.05) is 18.1 Å². The maximum absolute atomic E-state index is 12.8. The van der Waals surface area contributed by atoms with Gasteiger partial charge in [0.15, 0.2) is 0 Å². The molecule has 5 heteroatoms. The monoisotopic (exact) mass is 440 g/mol. The highest BCUT2D eigenvalue weighted by atomic mass is 16.6. The molecule has 0 amide bonds. The van der Waals surface area contributed by atoms with Crippen molar-refractivity contribution in [3.63, 3.8) is 0 Å². The second kappa shape index (κ2) is 11.3. The molecule has 0 saturated heterocycles. The van der Waals surface area contributed by atoms with Crippen LogP contribution in [0.2, 0.25) is 0 Å². The number of benzene rings is 2. The topological polar surface area (TPSA) is 76.0 Å². The van der Waals surface area contributed by atoms with Gasteiger partial charge in [-0.15, -0.1) is 0 Å². The van der Waals surface area contributed by atoms with Crippen molar-refractivity contribution in [2.75, 3.05) is 6.61 Å². The second-order valence-corrected chi connectivity index (χ2v) is 9.07. The van der Waals surface area contributed by atoms with E-state index in [1.54, 1.807) is 30.3 Å². The summed E-state index contributed by atoms with van der Waals surface area (Å²) in [7, 11) is 0. The summed E-state index contributed by atoms with van der Waals surface area (Å²) in [4.78, 5) is 12.8. The van der Waals surface area contributed by atoms with Gasteiger partial charge in [-0.3, -0.25) is 4.79 Å². The summed E-state index contributed by atoms with van der Waals surface area (Å²) in [5.41, 5.74) is 1.04. The Morgan fingerprint density at radius 3 is 2.28 bits per heavy atom. The molecule has 5 nitrogen and oxygen atoms in total. The molecule has 1 aliphatic rings. The van der Waals surface area contributed by atoms with Gasteiger partial charge >= 0.3 is 5.97 Å². The molecule has 0 spiro atoms. The first kappa shape index (κ1) is 24.0. The van der Waals surface area contributed by atoms with E-state index in [1.165, 1.54) is 32.1 Å². The minimum absolute atomic E-state index is 0.112. The molecule has 0 fully saturated rings. The van der Waals surface area contributed by atoms with E-state index in [0.717, 1.165) is 30.4 Å². The molecule has 0 aromatic heterocycles. The third-order valence-corrected chi connectivity index (χ3v) is 6.40. The highest BCUT2D eigenvalue weighted by molar-refractivity contribution is 5.70. The van der Waals surface area contributed by atoms with Crippen molar-refractivity contribution < 1.29 is 24.5 Å². The summed E-state index contributed by atoms with van der Waals surface area (Å²) in [6.07, 6.45) is 9.22. The number of carbonyl (C=O) groups excluding carboxylic acids is 1. The van der Waals surface area contributed by atoms with Crippen molar-refractivity contribution in [1.29, 1.82) is 0 Å². The van der Waals surface area contributed by atoms with Crippen LogP contribution in [-0.2, 0) is 14.9 Å². The molecule has 2 atom stereocenters. The molecule has 0 bridgehead atoms. The van der Waals surface area contributed by atoms with Crippen molar-refractivity contribution in [3.8, 4) is 17.2 Å². The lowest BCUT2D eigenvalue weighted by Crippen LogP contribution is -2.42. The fourth-order valence-corrected chi connectivity index (χ4v) is 4.38. The van der Waals surface area contributed by atoms with Crippen LogP contribution in [0, 0.1) is 0 Å². The molecule has 2 unspecified atom stereocenters. The number of hydrogen-bond acceptors (Lipinski definition) is 5. The number of rotatable bonds is 11. The number of esters is 1. The van der Waals surface area contributed by atoms with E-state index in [0.29, 0.717) is 18.8 Å². The number of phenolic OH excluding ortho intramolecular Hbond substituents is 2. The third-order valence-electron chi connectivity index (χ3n) is 6.40. The van der Waals surface area contributed by atoms with Gasteiger partial charge in [0.25, 0.3) is 0 Å². The summed E-state index contributed by atoms with van der Waals surface area (Å²) in [5.74, 6) is 0.613. The maximum Gasteiger partial charge on any atom is 0.306 e. The van der Waals surface area contributed by atoms with Crippen LogP contribution in [0.3, 0.4) is 0 Å². The molecule has 2 aromatic rings. The van der Waals surface area contributed by atoms with Gasteiger partial charge in [0.2, 0.25) is 0 Å². The Morgan fingerprint density at radius 1 is 0.969 bits per heavy atom. The van der Waals surface area contributed by atoms with E-state index in [4.69, 9.17) is 9.47 Å². The molecular weight excluding hydrogens is 404 g/mol. The van der Waals surface area contributed by atoms with Crippen LogP contribution in [0.25, 0.3) is 0 Å². The van der Waals surface area contributed by atoms with Crippen LogP contribution in [0.5, 0.6) is 17.2 Å². The summed E-state index contributed by atoms with van der Waals surface area (Å²) in [5, 5.41) is 19.5. The second-order valence-electron chi connectivity index (χ2n) is 9.07. The number of hydrogen-bond donors (Lipinski definition) is 2. The van der Waals surface area contributed by atoms with Gasteiger partial charge in [-0.25, -0.2) is 0 Å². The summed E-state index contributed by atoms with van der Waals surface area (Å²) < 4.78 is 12.0. The SMILES string of the molecule is CCCCCCCCCCC(=O)OC1c2ccc(O)cc2OCC1(C)c1ccc(O)cc1. The van der Waals surface area contributed by atoms with Gasteiger partial charge in [0.05, 0.1) is 5.41 Å². The molecule has 174 valence electrons. The van der Waals surface area contributed by atoms with Gasteiger partial charge < -0.3 is 19.7 Å². The Balaban J connectivity index is 1.66. The quantitative estimate of drug-likeness (QED) is 0.305. The third kappa shape index (κ3) is 5.96. The molecule has 0 radical (unpaired) electrons. The summed E-state index contributed by atoms with van der Waals surface area (Å²) >= 11 is 0. The maximum atomic E-state index is 12.8. The largest absolute Gasteiger partial charge is 0.508 e. The molecule has 2 aromatic carbocycles. The van der Waals surface area contributed by atoms with E-state index in [-0.39, 0.29) is 17.5 Å². The molecule has 1 aliphatic heterocycles. The Morgan fingerprint density at radius 2 is 1.59 bits per heavy atom. The van der Waals surface area contributed by atoms with Crippen molar-refractivity contribution >= 4 is 5.97 Å². The smallest absolute Gasteiger partial charge is 0.306 e. The molecule has 1 heterocycles. The zero-order valence-corrected chi connectivity index (χ0v) is 19.3. The van der Waals surface area contributed by atoms with Crippen LogP contribution < -0.4 is 4.74 Å². The molecule has 0 aliphatic carbocycles. The number of carbonyl (C=O) groups is 1. The van der Waals surface area contributed by atoms with Gasteiger partial charge in [-0.2, -0.15) is 0 Å². The molecule has 0 saturated carbocycles. The van der Waals surface area contributed by atoms with Crippen LogP contribution >= 0.6 is 0 Å². The van der Waals surface area contributed by atoms with Gasteiger partial charge in [-0.05, 0) is 43.2 Å². The number of phenols is 2. The Bertz CT molecular complexity index is 876. The lowest BCUT2D eigenvalue weighted by Gasteiger charge is -2.41. The Labute approximate surface area is 191 Å². The van der Waals surface area contributed by atoms with Gasteiger partial charge in [0.1, 0.15) is 30.0 Å². The van der Waals surface area contributed by atoms with Crippen LogP contribution in [-0.4, -0.2) is 22.8 Å². The minimum Gasteiger partial charge on any atom is -0.508 e. The van der Waals surface area contributed by atoms with Crippen LogP contribution in [0.15, 0.2) is 42.5 Å². The van der Waals surface area contributed by atoms with Crippen molar-refractivity contribution in [1.82, 2.24) is 0 Å². The van der Waals surface area contributed by atoms with Crippen molar-refractivity contribution in [2.45, 2.75) is 83.2 Å². The molecular formula is C27H36O5. The normalized spacial score (nSPS) is 19.8. The average molecular weight is 441 g/mol. The zero-order valence-electron chi connectivity index (χ0n) is 19.3. The zero-order chi connectivity index (χ0) is 23.0. The minimum atomic E-state index is -0.618. The number of ether oxygens (including phenoxy) is 2. The predicted molar refractivity (Wildman–Crippen MR) is 125 cm³/mol. The Hall–Kier alpha value is -2.69. The van der Waals surface area contributed by atoms with Crippen LogP contribution in [0.4, 0.5) is 0 Å². The number of unbranched alkanes of at least 4 members (excludes halogenated alkanes) is 7. The number of aromatic hydroxyl groups is 2. The molecule has 32 heavy (non-hydrogen) atoms. The first-order valence-corrected chi connectivity index (χ1v) is 11.9. The van der Waals surface area contributed by atoms with Gasteiger partial charge in [-0.1, -0.05) is 64.0 Å². The standard InChI is InChI=1S/C27H36O5/c1-3-4-5-6-7-8-9-10-11-25(30)32-26-23-17-16-22(29)18-24(23)31-19-27(26,2)20-12-14-21(28)15-13-20/h12-18,26,28-29H,3-11,19H2,1-2H3. The van der Waals surface area contributed by atoms with E-state index in [1.807, 2.05) is 19.1 Å². The summed E-state index contributed by atoms with van der Waals surface area (Å²) in [6.45, 7) is 4.52. The van der Waals surface area contributed by atoms with E-state index < -0.39 is 11.5 Å². The highest BCUT2D eigenvalue weighted by Crippen LogP contribution is 2.48. The highest BCUT2D eigenvalue weighted by Gasteiger charge is 2.45. The number of fused-ring (bicyclic) bond motifs is 1. The van der Waals surface area contributed by atoms with E-state index in [2.05, 4.69) is 6.92 Å². The first-order valence-electron chi connectivity index (χ1n) is 11.9. The Kier molecular flexibility index (Phi) is 8.43. The lowest BCUT2D eigenvalue weighted by molar-refractivity contribution is -0.155.